The lowest BCUT2D eigenvalue weighted by atomic mass is 9.88. The van der Waals surface area contributed by atoms with E-state index in [2.05, 4.69) is 11.8 Å². The third-order valence-electron chi connectivity index (χ3n) is 4.89. The molecule has 0 radical (unpaired) electrons. The van der Waals surface area contributed by atoms with E-state index in [0.29, 0.717) is 12.5 Å². The van der Waals surface area contributed by atoms with Gasteiger partial charge in [-0.25, -0.2) is 4.79 Å². The molecule has 6 heteroatoms. The first-order valence-electron chi connectivity index (χ1n) is 9.08. The smallest absolute Gasteiger partial charge is 0.410 e. The fourth-order valence-electron chi connectivity index (χ4n) is 3.78. The van der Waals surface area contributed by atoms with E-state index < -0.39 is 5.60 Å². The summed E-state index contributed by atoms with van der Waals surface area (Å²) in [5.74, 6) is 0.512. The van der Waals surface area contributed by atoms with Crippen LogP contribution in [-0.2, 0) is 9.53 Å². The second-order valence-electron chi connectivity index (χ2n) is 7.94. The lowest BCUT2D eigenvalue weighted by Gasteiger charge is -2.38. The number of nitrogens with zero attached hydrogens (tertiary/aromatic N) is 2. The fraction of sp³-hybridized carbons (Fsp3) is 0.889. The van der Waals surface area contributed by atoms with Gasteiger partial charge in [-0.1, -0.05) is 18.7 Å². The van der Waals surface area contributed by atoms with E-state index in [1.165, 1.54) is 11.8 Å². The molecule has 5 nitrogen and oxygen atoms in total. The van der Waals surface area contributed by atoms with E-state index in [1.807, 2.05) is 25.7 Å². The van der Waals surface area contributed by atoms with Gasteiger partial charge in [-0.15, -0.1) is 0 Å². The molecule has 2 atom stereocenters. The molecule has 0 unspecified atom stereocenters. The normalized spacial score (nSPS) is 26.6. The van der Waals surface area contributed by atoms with E-state index >= 15 is 0 Å². The van der Waals surface area contributed by atoms with Crippen LogP contribution in [0.4, 0.5) is 4.79 Å². The van der Waals surface area contributed by atoms with E-state index in [0.717, 1.165) is 38.9 Å². The van der Waals surface area contributed by atoms with Crippen LogP contribution in [-0.4, -0.2) is 64.1 Å². The molecule has 2 aliphatic heterocycles. The SMILES string of the molecule is CCN1CCC([C@@H]2C[C@H](SC(C)=O)CN2C(=O)OC(C)(C)C)CC1. The van der Waals surface area contributed by atoms with Crippen molar-refractivity contribution >= 4 is 23.0 Å². The molecule has 2 rings (SSSR count). The number of thioether (sulfide) groups is 1. The highest BCUT2D eigenvalue weighted by Gasteiger charge is 2.42. The number of amides is 1. The van der Waals surface area contributed by atoms with Gasteiger partial charge in [0.25, 0.3) is 0 Å². The van der Waals surface area contributed by atoms with Crippen molar-refractivity contribution in [3.8, 4) is 0 Å². The fourth-order valence-corrected chi connectivity index (χ4v) is 4.78. The van der Waals surface area contributed by atoms with E-state index in [-0.39, 0.29) is 22.5 Å². The molecule has 2 aliphatic rings. The predicted molar refractivity (Wildman–Crippen MR) is 98.2 cm³/mol. The average molecular weight is 357 g/mol. The second-order valence-corrected chi connectivity index (χ2v) is 9.42. The maximum atomic E-state index is 12.7. The van der Waals surface area contributed by atoms with Crippen LogP contribution in [0.15, 0.2) is 0 Å². The van der Waals surface area contributed by atoms with Crippen LogP contribution >= 0.6 is 11.8 Å². The summed E-state index contributed by atoms with van der Waals surface area (Å²) in [6.07, 6.45) is 2.92. The Labute approximate surface area is 150 Å². The maximum Gasteiger partial charge on any atom is 0.410 e. The number of ether oxygens (including phenoxy) is 1. The first-order chi connectivity index (χ1) is 11.2. The molecule has 24 heavy (non-hydrogen) atoms. The molecule has 0 aliphatic carbocycles. The lowest BCUT2D eigenvalue weighted by molar-refractivity contribution is -0.109. The van der Waals surface area contributed by atoms with Gasteiger partial charge in [0.15, 0.2) is 5.12 Å². The average Bonchev–Trinajstić information content (AvgIpc) is 2.89. The van der Waals surface area contributed by atoms with Crippen molar-refractivity contribution in [3.63, 3.8) is 0 Å². The molecule has 2 fully saturated rings. The van der Waals surface area contributed by atoms with Crippen molar-refractivity contribution in [2.75, 3.05) is 26.2 Å². The van der Waals surface area contributed by atoms with Gasteiger partial charge in [-0.3, -0.25) is 4.79 Å². The van der Waals surface area contributed by atoms with Gasteiger partial charge in [0.05, 0.1) is 0 Å². The minimum absolute atomic E-state index is 0.130. The van der Waals surface area contributed by atoms with Gasteiger partial charge in [-0.2, -0.15) is 0 Å². The third-order valence-corrected chi connectivity index (χ3v) is 5.90. The van der Waals surface area contributed by atoms with Crippen LogP contribution < -0.4 is 0 Å². The molecule has 0 aromatic heterocycles. The molecular weight excluding hydrogens is 324 g/mol. The first kappa shape index (κ1) is 19.6. The molecule has 0 N–H and O–H groups in total. The Balaban J connectivity index is 2.06. The number of piperidine rings is 1. The van der Waals surface area contributed by atoms with Crippen molar-refractivity contribution in [1.29, 1.82) is 0 Å². The number of rotatable bonds is 3. The number of carbonyl (C=O) groups is 2. The van der Waals surface area contributed by atoms with E-state index in [4.69, 9.17) is 4.74 Å². The molecule has 2 saturated heterocycles. The molecule has 0 spiro atoms. The third kappa shape index (κ3) is 5.38. The van der Waals surface area contributed by atoms with Crippen LogP contribution in [0.2, 0.25) is 0 Å². The standard InChI is InChI=1S/C18H32N2O3S/c1-6-19-9-7-14(8-10-19)16-11-15(24-13(2)21)12-20(16)17(22)23-18(3,4)5/h14-16H,6-12H2,1-5H3/t15-,16-/m0/s1. The summed E-state index contributed by atoms with van der Waals surface area (Å²) >= 11 is 1.38. The Hall–Kier alpha value is -0.750. The largest absolute Gasteiger partial charge is 0.444 e. The van der Waals surface area contributed by atoms with Gasteiger partial charge in [0, 0.05) is 24.8 Å². The Morgan fingerprint density at radius 3 is 2.33 bits per heavy atom. The molecule has 0 aromatic carbocycles. The molecule has 138 valence electrons. The highest BCUT2D eigenvalue weighted by Crippen LogP contribution is 2.36. The summed E-state index contributed by atoms with van der Waals surface area (Å²) in [5, 5.41) is 0.329. The zero-order valence-corrected chi connectivity index (χ0v) is 16.5. The quantitative estimate of drug-likeness (QED) is 0.776. The minimum atomic E-state index is -0.487. The highest BCUT2D eigenvalue weighted by molar-refractivity contribution is 8.14. The summed E-state index contributed by atoms with van der Waals surface area (Å²) in [6, 6.07) is 0.204. The molecule has 0 aromatic rings. The number of hydrogen-bond acceptors (Lipinski definition) is 5. The second kappa shape index (κ2) is 8.09. The zero-order valence-electron chi connectivity index (χ0n) is 15.7. The number of carbonyl (C=O) groups excluding carboxylic acids is 2. The first-order valence-corrected chi connectivity index (χ1v) is 9.96. The summed E-state index contributed by atoms with van der Waals surface area (Å²) in [5.41, 5.74) is -0.487. The predicted octanol–water partition coefficient (Wildman–Crippen LogP) is 3.38. The Kier molecular flexibility index (Phi) is 6.59. The van der Waals surface area contributed by atoms with Crippen molar-refractivity contribution in [3.05, 3.63) is 0 Å². The van der Waals surface area contributed by atoms with Crippen molar-refractivity contribution in [2.45, 2.75) is 70.8 Å². The maximum absolute atomic E-state index is 12.7. The van der Waals surface area contributed by atoms with Crippen LogP contribution in [0.5, 0.6) is 0 Å². The molecule has 2 heterocycles. The van der Waals surface area contributed by atoms with E-state index in [1.54, 1.807) is 6.92 Å². The van der Waals surface area contributed by atoms with Gasteiger partial charge < -0.3 is 14.5 Å². The van der Waals surface area contributed by atoms with Gasteiger partial charge >= 0.3 is 6.09 Å². The van der Waals surface area contributed by atoms with Crippen LogP contribution in [0, 0.1) is 5.92 Å². The van der Waals surface area contributed by atoms with Gasteiger partial charge in [0.1, 0.15) is 5.60 Å². The van der Waals surface area contributed by atoms with Crippen LogP contribution in [0.3, 0.4) is 0 Å². The number of likely N-dealkylation sites (tertiary alicyclic amines) is 2. The molecule has 0 bridgehead atoms. The Morgan fingerprint density at radius 2 is 1.83 bits per heavy atom. The summed E-state index contributed by atoms with van der Waals surface area (Å²) < 4.78 is 5.62. The lowest BCUT2D eigenvalue weighted by Crippen LogP contribution is -2.46. The molecular formula is C18H32N2O3S. The van der Waals surface area contributed by atoms with Gasteiger partial charge in [0.2, 0.25) is 0 Å². The zero-order chi connectivity index (χ0) is 17.9. The van der Waals surface area contributed by atoms with Gasteiger partial charge in [-0.05, 0) is 65.6 Å². The van der Waals surface area contributed by atoms with Crippen molar-refractivity contribution in [2.24, 2.45) is 5.92 Å². The highest BCUT2D eigenvalue weighted by atomic mass is 32.2. The van der Waals surface area contributed by atoms with Crippen molar-refractivity contribution < 1.29 is 14.3 Å². The Bertz CT molecular complexity index is 456. The summed E-state index contributed by atoms with van der Waals surface area (Å²) in [7, 11) is 0. The van der Waals surface area contributed by atoms with Crippen LogP contribution in [0.25, 0.3) is 0 Å². The number of hydrogen-bond donors (Lipinski definition) is 0. The Morgan fingerprint density at radius 1 is 1.21 bits per heavy atom. The summed E-state index contributed by atoms with van der Waals surface area (Å²) in [4.78, 5) is 28.5. The molecule has 1 amide bonds. The summed E-state index contributed by atoms with van der Waals surface area (Å²) in [6.45, 7) is 13.4. The van der Waals surface area contributed by atoms with E-state index in [9.17, 15) is 9.59 Å². The topological polar surface area (TPSA) is 49.9 Å². The minimum Gasteiger partial charge on any atom is -0.444 e. The van der Waals surface area contributed by atoms with Crippen molar-refractivity contribution in [1.82, 2.24) is 9.80 Å². The molecule has 0 saturated carbocycles. The van der Waals surface area contributed by atoms with Crippen LogP contribution in [0.1, 0.15) is 53.9 Å². The monoisotopic (exact) mass is 356 g/mol.